The standard InChI is InChI=1S/C13H18N2O4/c14-5-1-2-13(16)15-6-7-17-10-3-4-11-12(8-10)19-9-18-11/h3-4,8H,1-2,5-7,9,14H2,(H,15,16). The zero-order valence-corrected chi connectivity index (χ0v) is 10.7. The topological polar surface area (TPSA) is 82.8 Å². The summed E-state index contributed by atoms with van der Waals surface area (Å²) in [7, 11) is 0. The molecule has 0 atom stereocenters. The average Bonchev–Trinajstić information content (AvgIpc) is 2.88. The molecule has 1 amide bonds. The molecule has 104 valence electrons. The van der Waals surface area contributed by atoms with Crippen LogP contribution in [0.5, 0.6) is 17.2 Å². The lowest BCUT2D eigenvalue weighted by Gasteiger charge is -2.08. The minimum Gasteiger partial charge on any atom is -0.492 e. The van der Waals surface area contributed by atoms with Crippen molar-refractivity contribution in [2.45, 2.75) is 12.8 Å². The summed E-state index contributed by atoms with van der Waals surface area (Å²) in [4.78, 5) is 11.3. The molecule has 1 heterocycles. The third-order valence-corrected chi connectivity index (χ3v) is 2.64. The third kappa shape index (κ3) is 4.03. The van der Waals surface area contributed by atoms with Gasteiger partial charge in [0.05, 0.1) is 6.54 Å². The van der Waals surface area contributed by atoms with Crippen LogP contribution in [-0.2, 0) is 4.79 Å². The number of nitrogens with one attached hydrogen (secondary N) is 1. The number of benzene rings is 1. The van der Waals surface area contributed by atoms with Crippen molar-refractivity contribution in [3.05, 3.63) is 18.2 Å². The summed E-state index contributed by atoms with van der Waals surface area (Å²) in [5.74, 6) is 2.10. The number of amides is 1. The highest BCUT2D eigenvalue weighted by molar-refractivity contribution is 5.75. The molecule has 6 heteroatoms. The lowest BCUT2D eigenvalue weighted by atomic mass is 10.3. The minimum absolute atomic E-state index is 0.000244. The van der Waals surface area contributed by atoms with Crippen molar-refractivity contribution in [3.8, 4) is 17.2 Å². The summed E-state index contributed by atoms with van der Waals surface area (Å²) >= 11 is 0. The molecule has 19 heavy (non-hydrogen) atoms. The van der Waals surface area contributed by atoms with Gasteiger partial charge in [0.15, 0.2) is 11.5 Å². The van der Waals surface area contributed by atoms with Crippen LogP contribution in [0.25, 0.3) is 0 Å². The number of hydrogen-bond donors (Lipinski definition) is 2. The molecule has 0 aliphatic carbocycles. The molecule has 3 N–H and O–H groups in total. The van der Waals surface area contributed by atoms with Crippen LogP contribution in [-0.4, -0.2) is 32.4 Å². The Kier molecular flexibility index (Phi) is 4.85. The average molecular weight is 266 g/mol. The normalized spacial score (nSPS) is 12.3. The first-order chi connectivity index (χ1) is 9.29. The third-order valence-electron chi connectivity index (χ3n) is 2.64. The van der Waals surface area contributed by atoms with E-state index in [0.717, 1.165) is 5.75 Å². The van der Waals surface area contributed by atoms with Gasteiger partial charge in [-0.05, 0) is 25.1 Å². The molecule has 0 bridgehead atoms. The Hall–Kier alpha value is -1.95. The number of carbonyl (C=O) groups excluding carboxylic acids is 1. The molecular formula is C13H18N2O4. The molecule has 0 radical (unpaired) electrons. The lowest BCUT2D eigenvalue weighted by Crippen LogP contribution is -2.28. The van der Waals surface area contributed by atoms with Crippen LogP contribution in [0.1, 0.15) is 12.8 Å². The van der Waals surface area contributed by atoms with Gasteiger partial charge in [0.2, 0.25) is 12.7 Å². The molecular weight excluding hydrogens is 248 g/mol. The van der Waals surface area contributed by atoms with Crippen LogP contribution in [0.15, 0.2) is 18.2 Å². The van der Waals surface area contributed by atoms with Gasteiger partial charge in [-0.2, -0.15) is 0 Å². The molecule has 1 aromatic carbocycles. The molecule has 0 fully saturated rings. The Morgan fingerprint density at radius 1 is 1.37 bits per heavy atom. The van der Waals surface area contributed by atoms with Crippen molar-refractivity contribution in [1.29, 1.82) is 0 Å². The highest BCUT2D eigenvalue weighted by Crippen LogP contribution is 2.34. The van der Waals surface area contributed by atoms with Gasteiger partial charge in [0, 0.05) is 12.5 Å². The predicted molar refractivity (Wildman–Crippen MR) is 69.4 cm³/mol. The van der Waals surface area contributed by atoms with Gasteiger partial charge in [0.1, 0.15) is 12.4 Å². The fourth-order valence-corrected chi connectivity index (χ4v) is 1.68. The van der Waals surface area contributed by atoms with E-state index in [1.54, 1.807) is 12.1 Å². The quantitative estimate of drug-likeness (QED) is 0.708. The molecule has 0 spiro atoms. The Morgan fingerprint density at radius 3 is 3.05 bits per heavy atom. The van der Waals surface area contributed by atoms with Crippen molar-refractivity contribution >= 4 is 5.91 Å². The molecule has 6 nitrogen and oxygen atoms in total. The van der Waals surface area contributed by atoms with E-state index in [9.17, 15) is 4.79 Å². The van der Waals surface area contributed by atoms with E-state index < -0.39 is 0 Å². The monoisotopic (exact) mass is 266 g/mol. The summed E-state index contributed by atoms with van der Waals surface area (Å²) in [6.07, 6.45) is 1.16. The maximum absolute atomic E-state index is 11.3. The number of fused-ring (bicyclic) bond motifs is 1. The van der Waals surface area contributed by atoms with Crippen LogP contribution in [0.4, 0.5) is 0 Å². The van der Waals surface area contributed by atoms with E-state index in [4.69, 9.17) is 19.9 Å². The number of carbonyl (C=O) groups is 1. The van der Waals surface area contributed by atoms with Gasteiger partial charge in [-0.1, -0.05) is 0 Å². The van der Waals surface area contributed by atoms with Gasteiger partial charge in [-0.15, -0.1) is 0 Å². The second-order valence-corrected chi connectivity index (χ2v) is 4.11. The highest BCUT2D eigenvalue weighted by Gasteiger charge is 2.13. The summed E-state index contributed by atoms with van der Waals surface area (Å²) < 4.78 is 16.0. The van der Waals surface area contributed by atoms with E-state index >= 15 is 0 Å². The maximum Gasteiger partial charge on any atom is 0.231 e. The zero-order chi connectivity index (χ0) is 13.5. The second kappa shape index (κ2) is 6.84. The van der Waals surface area contributed by atoms with Crippen LogP contribution in [0, 0.1) is 0 Å². The van der Waals surface area contributed by atoms with Gasteiger partial charge in [-0.3, -0.25) is 4.79 Å². The number of ether oxygens (including phenoxy) is 3. The number of hydrogen-bond acceptors (Lipinski definition) is 5. The lowest BCUT2D eigenvalue weighted by molar-refractivity contribution is -0.121. The Morgan fingerprint density at radius 2 is 2.21 bits per heavy atom. The SMILES string of the molecule is NCCCC(=O)NCCOc1ccc2c(c1)OCO2. The first-order valence-corrected chi connectivity index (χ1v) is 6.29. The summed E-state index contributed by atoms with van der Waals surface area (Å²) in [5.41, 5.74) is 5.33. The van der Waals surface area contributed by atoms with Crippen molar-refractivity contribution in [2.75, 3.05) is 26.5 Å². The molecule has 2 rings (SSSR count). The van der Waals surface area contributed by atoms with E-state index in [-0.39, 0.29) is 12.7 Å². The van der Waals surface area contributed by atoms with Crippen LogP contribution in [0.2, 0.25) is 0 Å². The molecule has 0 unspecified atom stereocenters. The number of nitrogens with two attached hydrogens (primary N) is 1. The predicted octanol–water partition coefficient (Wildman–Crippen LogP) is 0.649. The number of rotatable bonds is 7. The van der Waals surface area contributed by atoms with Crippen LogP contribution in [0.3, 0.4) is 0 Å². The first kappa shape index (κ1) is 13.5. The smallest absolute Gasteiger partial charge is 0.231 e. The molecule has 1 aromatic rings. The van der Waals surface area contributed by atoms with Gasteiger partial charge >= 0.3 is 0 Å². The minimum atomic E-state index is -0.000244. The van der Waals surface area contributed by atoms with Crippen molar-refractivity contribution in [3.63, 3.8) is 0 Å². The molecule has 0 saturated heterocycles. The van der Waals surface area contributed by atoms with Crippen molar-refractivity contribution in [2.24, 2.45) is 5.73 Å². The summed E-state index contributed by atoms with van der Waals surface area (Å²) in [6.45, 7) is 1.66. The Bertz CT molecular complexity index is 437. The Labute approximate surface area is 111 Å². The largest absolute Gasteiger partial charge is 0.492 e. The van der Waals surface area contributed by atoms with Gasteiger partial charge in [-0.25, -0.2) is 0 Å². The fraction of sp³-hybridized carbons (Fsp3) is 0.462. The van der Waals surface area contributed by atoms with E-state index in [2.05, 4.69) is 5.32 Å². The first-order valence-electron chi connectivity index (χ1n) is 6.29. The zero-order valence-electron chi connectivity index (χ0n) is 10.7. The van der Waals surface area contributed by atoms with Crippen molar-refractivity contribution < 1.29 is 19.0 Å². The molecule has 0 saturated carbocycles. The summed E-state index contributed by atoms with van der Waals surface area (Å²) in [6, 6.07) is 5.39. The highest BCUT2D eigenvalue weighted by atomic mass is 16.7. The van der Waals surface area contributed by atoms with Gasteiger partial charge < -0.3 is 25.3 Å². The van der Waals surface area contributed by atoms with E-state index in [1.807, 2.05) is 6.07 Å². The van der Waals surface area contributed by atoms with E-state index in [1.165, 1.54) is 0 Å². The second-order valence-electron chi connectivity index (χ2n) is 4.11. The van der Waals surface area contributed by atoms with Crippen LogP contribution < -0.4 is 25.3 Å². The summed E-state index contributed by atoms with van der Waals surface area (Å²) in [5, 5.41) is 2.76. The Balaban J connectivity index is 1.67. The van der Waals surface area contributed by atoms with Gasteiger partial charge in [0.25, 0.3) is 0 Å². The fourth-order valence-electron chi connectivity index (χ4n) is 1.68. The van der Waals surface area contributed by atoms with Crippen LogP contribution >= 0.6 is 0 Å². The maximum atomic E-state index is 11.3. The van der Waals surface area contributed by atoms with E-state index in [0.29, 0.717) is 44.0 Å². The van der Waals surface area contributed by atoms with Crippen molar-refractivity contribution in [1.82, 2.24) is 5.32 Å². The molecule has 1 aliphatic rings. The molecule has 1 aliphatic heterocycles. The molecule has 0 aromatic heterocycles.